The summed E-state index contributed by atoms with van der Waals surface area (Å²) in [6, 6.07) is 4.25. The second kappa shape index (κ2) is 15.9. The number of nitrogens with zero attached hydrogens (tertiary/aromatic N) is 3. The normalized spacial score (nSPS) is 11.1. The van der Waals surface area contributed by atoms with Gasteiger partial charge in [0.15, 0.2) is 25.6 Å². The Labute approximate surface area is 254 Å². The third-order valence-corrected chi connectivity index (χ3v) is 8.37. The number of aryl methyl sites for hydroxylation is 2. The first-order valence-electron chi connectivity index (χ1n) is 13.0. The molecule has 0 bridgehead atoms. The van der Waals surface area contributed by atoms with Crippen molar-refractivity contribution in [1.29, 1.82) is 0 Å². The molecule has 0 spiro atoms. The minimum absolute atomic E-state index is 0.0676. The maximum absolute atomic E-state index is 11.9. The van der Waals surface area contributed by atoms with E-state index in [-0.39, 0.29) is 15.4 Å². The fourth-order valence-electron chi connectivity index (χ4n) is 3.96. The smallest absolute Gasteiger partial charge is 0.344 e. The summed E-state index contributed by atoms with van der Waals surface area (Å²) in [5.41, 5.74) is 9.03. The number of nitrogens with two attached hydrogens (primary N) is 2. The molecule has 16 nitrogen and oxygen atoms in total. The van der Waals surface area contributed by atoms with Crippen LogP contribution in [-0.4, -0.2) is 64.1 Å². The summed E-state index contributed by atoms with van der Waals surface area (Å²) in [7, 11) is -6.20. The average Bonchev–Trinajstić information content (AvgIpc) is 2.92. The van der Waals surface area contributed by atoms with Crippen LogP contribution in [-0.2, 0) is 37.3 Å². The van der Waals surface area contributed by atoms with Gasteiger partial charge in [0.2, 0.25) is 0 Å². The Morgan fingerprint density at radius 1 is 0.795 bits per heavy atom. The Hall–Kier alpha value is -4.45. The van der Waals surface area contributed by atoms with Crippen molar-refractivity contribution in [2.24, 2.45) is 16.5 Å². The van der Waals surface area contributed by atoms with Gasteiger partial charge in [-0.1, -0.05) is 26.7 Å². The second-order valence-corrected chi connectivity index (χ2v) is 13.5. The van der Waals surface area contributed by atoms with Crippen LogP contribution >= 0.6 is 0 Å². The summed E-state index contributed by atoms with van der Waals surface area (Å²) in [4.78, 5) is 47.4. The number of methoxy groups -OCH3 is 1. The minimum Gasteiger partial charge on any atom is -0.465 e. The molecule has 0 aromatic heterocycles. The number of carbonyl (C=O) groups is 2. The van der Waals surface area contributed by atoms with Crippen molar-refractivity contribution >= 4 is 48.9 Å². The van der Waals surface area contributed by atoms with E-state index in [1.165, 1.54) is 0 Å². The molecule has 0 aliphatic heterocycles. The molecule has 18 heteroatoms. The Bertz CT molecular complexity index is 1680. The highest BCUT2D eigenvalue weighted by Gasteiger charge is 2.28. The number of hydrogen-bond donors (Lipinski definition) is 2. The van der Waals surface area contributed by atoms with Crippen molar-refractivity contribution < 1.29 is 41.0 Å². The van der Waals surface area contributed by atoms with E-state index < -0.39 is 64.3 Å². The first kappa shape index (κ1) is 37.6. The zero-order valence-corrected chi connectivity index (χ0v) is 26.5. The molecule has 2 aromatic carbocycles. The number of ether oxygens (including phenoxy) is 1. The monoisotopic (exact) mass is 657 g/mol. The van der Waals surface area contributed by atoms with Crippen LogP contribution in [0, 0.1) is 20.2 Å². The van der Waals surface area contributed by atoms with Crippen molar-refractivity contribution in [2.45, 2.75) is 62.2 Å². The minimum atomic E-state index is -3.68. The molecule has 0 atom stereocenters. The first-order valence-corrected chi connectivity index (χ1v) is 16.8. The third-order valence-electron chi connectivity index (χ3n) is 6.02. The van der Waals surface area contributed by atoms with E-state index in [0.29, 0.717) is 36.8 Å². The van der Waals surface area contributed by atoms with E-state index in [1.54, 1.807) is 0 Å². The Kier molecular flexibility index (Phi) is 13.5. The van der Waals surface area contributed by atoms with E-state index in [2.05, 4.69) is 9.73 Å². The predicted octanol–water partition coefficient (Wildman–Crippen LogP) is 2.88. The lowest BCUT2D eigenvalue weighted by Gasteiger charge is -2.10. The molecule has 0 aliphatic carbocycles. The lowest BCUT2D eigenvalue weighted by Crippen LogP contribution is -2.24. The van der Waals surface area contributed by atoms with E-state index in [9.17, 15) is 46.7 Å². The number of guanidine groups is 1. The number of hydrogen-bond acceptors (Lipinski definition) is 11. The molecular weight excluding hydrogens is 622 g/mol. The van der Waals surface area contributed by atoms with E-state index >= 15 is 0 Å². The summed E-state index contributed by atoms with van der Waals surface area (Å²) in [6.45, 7) is 3.84. The third kappa shape index (κ3) is 10.4. The van der Waals surface area contributed by atoms with Crippen LogP contribution in [0.3, 0.4) is 0 Å². The first-order chi connectivity index (χ1) is 20.3. The molecule has 0 heterocycles. The van der Waals surface area contributed by atoms with Gasteiger partial charge < -0.3 is 16.2 Å². The molecule has 2 rings (SSSR count). The summed E-state index contributed by atoms with van der Waals surface area (Å²) in [5, 5.41) is 22.3. The van der Waals surface area contributed by atoms with Crippen LogP contribution in [0.25, 0.3) is 0 Å². The van der Waals surface area contributed by atoms with Gasteiger partial charge in [-0.15, -0.1) is 0 Å². The predicted molar refractivity (Wildman–Crippen MR) is 161 cm³/mol. The van der Waals surface area contributed by atoms with Crippen LogP contribution in [0.15, 0.2) is 39.0 Å². The highest BCUT2D eigenvalue weighted by molar-refractivity contribution is 7.91. The summed E-state index contributed by atoms with van der Waals surface area (Å²) < 4.78 is 52.0. The lowest BCUT2D eigenvalue weighted by molar-refractivity contribution is -0.385. The number of nitro benzene ring substituents is 2. The van der Waals surface area contributed by atoms with Gasteiger partial charge in [0.25, 0.3) is 17.3 Å². The zero-order valence-electron chi connectivity index (χ0n) is 24.9. The molecule has 242 valence electrons. The molecule has 2 aromatic rings. The van der Waals surface area contributed by atoms with Gasteiger partial charge in [0.05, 0.1) is 26.7 Å². The fourth-order valence-corrected chi connectivity index (χ4v) is 5.90. The maximum atomic E-state index is 11.9. The van der Waals surface area contributed by atoms with Crippen molar-refractivity contribution in [2.75, 3.05) is 19.6 Å². The number of carbonyl (C=O) groups excluding carboxylic acids is 2. The molecule has 0 unspecified atom stereocenters. The number of esters is 1. The van der Waals surface area contributed by atoms with Gasteiger partial charge in [0, 0.05) is 24.6 Å². The summed E-state index contributed by atoms with van der Waals surface area (Å²) in [5.74, 6) is -2.57. The topological polar surface area (TPSA) is 262 Å². The highest BCUT2D eigenvalue weighted by Crippen LogP contribution is 2.30. The number of nitro groups is 2. The number of rotatable bonds is 12. The van der Waals surface area contributed by atoms with Gasteiger partial charge >= 0.3 is 5.97 Å². The SMILES string of the molecule is CCCCc1cc([N+](=O)[O-])c(C(=O)N=C(N)N)cc1S(C)(=O)=O.CCCCc1cc([N+](=O)[O-])c(C(=O)OC)cc1S(C)(=O)=O. The Morgan fingerprint density at radius 2 is 1.18 bits per heavy atom. The molecule has 44 heavy (non-hydrogen) atoms. The zero-order chi connectivity index (χ0) is 34.0. The Morgan fingerprint density at radius 3 is 1.50 bits per heavy atom. The van der Waals surface area contributed by atoms with E-state index in [0.717, 1.165) is 56.7 Å². The van der Waals surface area contributed by atoms with Gasteiger partial charge in [0.1, 0.15) is 11.1 Å². The number of aliphatic imine (C=N–C) groups is 1. The van der Waals surface area contributed by atoms with Crippen LogP contribution in [0.5, 0.6) is 0 Å². The molecule has 4 N–H and O–H groups in total. The van der Waals surface area contributed by atoms with Crippen LogP contribution in [0.2, 0.25) is 0 Å². The molecule has 1 amide bonds. The van der Waals surface area contributed by atoms with Crippen molar-refractivity contribution in [3.8, 4) is 0 Å². The largest absolute Gasteiger partial charge is 0.465 e. The fraction of sp³-hybridized carbons (Fsp3) is 0.423. The second-order valence-electron chi connectivity index (χ2n) is 9.55. The number of unbranched alkanes of at least 4 members (excludes halogenated alkanes) is 2. The summed E-state index contributed by atoms with van der Waals surface area (Å²) in [6.07, 6.45) is 5.65. The molecule has 0 saturated carbocycles. The van der Waals surface area contributed by atoms with Crippen molar-refractivity contribution in [1.82, 2.24) is 0 Å². The van der Waals surface area contributed by atoms with Gasteiger partial charge in [-0.05, 0) is 48.9 Å². The number of benzene rings is 2. The van der Waals surface area contributed by atoms with Gasteiger partial charge in [-0.3, -0.25) is 25.0 Å². The van der Waals surface area contributed by atoms with E-state index in [1.807, 2.05) is 13.8 Å². The van der Waals surface area contributed by atoms with Crippen molar-refractivity contribution in [3.05, 3.63) is 66.7 Å². The molecule has 0 saturated heterocycles. The number of amides is 1. The standard InChI is InChI=1S/C13H18N4O5S.C13H17NO6S/c1-3-4-5-8-6-10(17(19)20)9(12(18)16-13(14)15)7-11(8)23(2,21)22;1-4-5-6-9-7-11(14(16)17)10(13(15)20-2)8-12(9)21(3,18)19/h6-7H,3-5H2,1-2H3,(H4,14,15,16,18);7-8H,4-6H2,1-3H3. The summed E-state index contributed by atoms with van der Waals surface area (Å²) >= 11 is 0. The lowest BCUT2D eigenvalue weighted by atomic mass is 10.0. The van der Waals surface area contributed by atoms with Crippen molar-refractivity contribution in [3.63, 3.8) is 0 Å². The van der Waals surface area contributed by atoms with Crippen LogP contribution in [0.4, 0.5) is 11.4 Å². The maximum Gasteiger partial charge on any atom is 0.344 e. The number of sulfone groups is 2. The average molecular weight is 658 g/mol. The Balaban J connectivity index is 0.000000442. The van der Waals surface area contributed by atoms with Crippen LogP contribution < -0.4 is 11.5 Å². The van der Waals surface area contributed by atoms with Crippen LogP contribution in [0.1, 0.15) is 71.4 Å². The molecule has 0 radical (unpaired) electrons. The molecular formula is C26H35N5O11S2. The molecule has 0 fully saturated rings. The van der Waals surface area contributed by atoms with Gasteiger partial charge in [-0.2, -0.15) is 4.99 Å². The highest BCUT2D eigenvalue weighted by atomic mass is 32.2. The van der Waals surface area contributed by atoms with Gasteiger partial charge in [-0.25, -0.2) is 21.6 Å². The molecule has 0 aliphatic rings. The quantitative estimate of drug-likeness (QED) is 0.109. The van der Waals surface area contributed by atoms with E-state index in [4.69, 9.17) is 11.5 Å².